The lowest BCUT2D eigenvalue weighted by Gasteiger charge is -2.35. The minimum Gasteiger partial charge on any atom is -0.497 e. The summed E-state index contributed by atoms with van der Waals surface area (Å²) < 4.78 is 6.94. The molecule has 1 aliphatic rings. The van der Waals surface area contributed by atoms with Crippen LogP contribution >= 0.6 is 0 Å². The number of anilines is 1. The van der Waals surface area contributed by atoms with Crippen LogP contribution in [0.4, 0.5) is 5.69 Å². The van der Waals surface area contributed by atoms with Gasteiger partial charge in [-0.05, 0) is 31.2 Å². The van der Waals surface area contributed by atoms with Gasteiger partial charge in [0.2, 0.25) is 0 Å². The molecule has 0 saturated carbocycles. The smallest absolute Gasteiger partial charge is 0.276 e. The van der Waals surface area contributed by atoms with Crippen LogP contribution in [0.3, 0.4) is 0 Å². The number of hydrogen-bond acceptors (Lipinski definition) is 5. The summed E-state index contributed by atoms with van der Waals surface area (Å²) in [5.74, 6) is 0.757. The van der Waals surface area contributed by atoms with Crippen molar-refractivity contribution in [2.75, 3.05) is 38.2 Å². The molecule has 1 amide bonds. The fourth-order valence-corrected chi connectivity index (χ4v) is 3.32. The minimum absolute atomic E-state index is 0.0800. The van der Waals surface area contributed by atoms with E-state index in [-0.39, 0.29) is 5.91 Å². The molecule has 2 heterocycles. The van der Waals surface area contributed by atoms with Gasteiger partial charge < -0.3 is 14.5 Å². The predicted molar refractivity (Wildman–Crippen MR) is 107 cm³/mol. The van der Waals surface area contributed by atoms with Gasteiger partial charge in [-0.25, -0.2) is 4.68 Å². The number of piperazine rings is 1. The molecule has 1 saturated heterocycles. The molecule has 0 radical (unpaired) electrons. The number of rotatable bonds is 4. The van der Waals surface area contributed by atoms with Crippen molar-refractivity contribution in [3.8, 4) is 11.4 Å². The normalized spacial score (nSPS) is 14.2. The van der Waals surface area contributed by atoms with Crippen LogP contribution in [0.2, 0.25) is 0 Å². The highest BCUT2D eigenvalue weighted by Crippen LogP contribution is 2.22. The van der Waals surface area contributed by atoms with Gasteiger partial charge >= 0.3 is 0 Å². The van der Waals surface area contributed by atoms with Crippen molar-refractivity contribution < 1.29 is 9.53 Å². The summed E-state index contributed by atoms with van der Waals surface area (Å²) >= 11 is 0. The average molecular weight is 377 g/mol. The molecule has 0 N–H and O–H groups in total. The van der Waals surface area contributed by atoms with Gasteiger partial charge in [-0.3, -0.25) is 4.79 Å². The Morgan fingerprint density at radius 1 is 1.00 bits per heavy atom. The van der Waals surface area contributed by atoms with Crippen LogP contribution in [0.25, 0.3) is 5.69 Å². The van der Waals surface area contributed by atoms with E-state index in [0.717, 1.165) is 30.2 Å². The number of aromatic nitrogens is 3. The van der Waals surface area contributed by atoms with E-state index in [2.05, 4.69) is 21.3 Å². The molecular formula is C21H23N5O2. The first-order valence-electron chi connectivity index (χ1n) is 9.32. The van der Waals surface area contributed by atoms with Crippen molar-refractivity contribution in [2.45, 2.75) is 6.92 Å². The predicted octanol–water partition coefficient (Wildman–Crippen LogP) is 2.55. The Bertz CT molecular complexity index is 959. The summed E-state index contributed by atoms with van der Waals surface area (Å²) in [6, 6.07) is 15.9. The number of methoxy groups -OCH3 is 1. The van der Waals surface area contributed by atoms with E-state index in [1.54, 1.807) is 18.0 Å². The number of carbonyl (C=O) groups excluding carboxylic acids is 1. The maximum atomic E-state index is 12.8. The zero-order valence-corrected chi connectivity index (χ0v) is 16.1. The number of aryl methyl sites for hydroxylation is 1. The summed E-state index contributed by atoms with van der Waals surface area (Å²) in [6.07, 6.45) is 1.70. The first kappa shape index (κ1) is 18.0. The first-order chi connectivity index (χ1) is 13.6. The maximum Gasteiger partial charge on any atom is 0.276 e. The highest BCUT2D eigenvalue weighted by Gasteiger charge is 2.24. The molecule has 0 bridgehead atoms. The zero-order valence-electron chi connectivity index (χ0n) is 16.1. The van der Waals surface area contributed by atoms with E-state index in [1.807, 2.05) is 54.3 Å². The molecule has 144 valence electrons. The van der Waals surface area contributed by atoms with Gasteiger partial charge in [0.05, 0.1) is 19.0 Å². The first-order valence-corrected chi connectivity index (χ1v) is 9.32. The van der Waals surface area contributed by atoms with Crippen molar-refractivity contribution in [3.05, 3.63) is 66.0 Å². The maximum absolute atomic E-state index is 12.8. The van der Waals surface area contributed by atoms with E-state index in [1.165, 1.54) is 5.56 Å². The number of carbonyl (C=O) groups is 1. The van der Waals surface area contributed by atoms with Crippen LogP contribution in [0.5, 0.6) is 5.75 Å². The molecule has 0 unspecified atom stereocenters. The van der Waals surface area contributed by atoms with Gasteiger partial charge in [0.15, 0.2) is 5.69 Å². The zero-order chi connectivity index (χ0) is 19.5. The summed E-state index contributed by atoms with van der Waals surface area (Å²) in [5, 5.41) is 8.19. The summed E-state index contributed by atoms with van der Waals surface area (Å²) in [6.45, 7) is 4.86. The highest BCUT2D eigenvalue weighted by molar-refractivity contribution is 5.92. The standard InChI is InChI=1S/C21H23N5O2/c1-16-6-8-17(9-7-16)26-15-20(22-23-26)21(27)25-12-10-24(11-13-25)18-4-3-5-19(14-18)28-2/h3-9,14-15H,10-13H2,1-2H3. The van der Waals surface area contributed by atoms with Gasteiger partial charge in [0.1, 0.15) is 5.75 Å². The van der Waals surface area contributed by atoms with Crippen LogP contribution in [0.1, 0.15) is 16.1 Å². The number of ether oxygens (including phenoxy) is 1. The lowest BCUT2D eigenvalue weighted by molar-refractivity contribution is 0.0740. The van der Waals surface area contributed by atoms with Gasteiger partial charge in [-0.1, -0.05) is 29.0 Å². The van der Waals surface area contributed by atoms with Crippen LogP contribution in [0, 0.1) is 6.92 Å². The summed E-state index contributed by atoms with van der Waals surface area (Å²) in [7, 11) is 1.67. The van der Waals surface area contributed by atoms with E-state index in [9.17, 15) is 4.79 Å². The minimum atomic E-state index is -0.0800. The van der Waals surface area contributed by atoms with Gasteiger partial charge in [-0.2, -0.15) is 0 Å². The third-order valence-electron chi connectivity index (χ3n) is 5.00. The highest BCUT2D eigenvalue weighted by atomic mass is 16.5. The fraction of sp³-hybridized carbons (Fsp3) is 0.286. The van der Waals surface area contributed by atoms with E-state index in [0.29, 0.717) is 18.8 Å². The Hall–Kier alpha value is -3.35. The van der Waals surface area contributed by atoms with Crippen molar-refractivity contribution >= 4 is 11.6 Å². The molecule has 0 atom stereocenters. The molecular weight excluding hydrogens is 354 g/mol. The van der Waals surface area contributed by atoms with Gasteiger partial charge in [0, 0.05) is 37.9 Å². The summed E-state index contributed by atoms with van der Waals surface area (Å²) in [4.78, 5) is 16.9. The third-order valence-corrected chi connectivity index (χ3v) is 5.00. The third kappa shape index (κ3) is 3.69. The second-order valence-corrected chi connectivity index (χ2v) is 6.86. The lowest BCUT2D eigenvalue weighted by atomic mass is 10.2. The monoisotopic (exact) mass is 377 g/mol. The molecule has 7 nitrogen and oxygen atoms in total. The number of benzene rings is 2. The second kappa shape index (κ2) is 7.72. The quantitative estimate of drug-likeness (QED) is 0.699. The van der Waals surface area contributed by atoms with Crippen LogP contribution in [-0.2, 0) is 0 Å². The largest absolute Gasteiger partial charge is 0.497 e. The molecule has 1 fully saturated rings. The number of hydrogen-bond donors (Lipinski definition) is 0. The Morgan fingerprint density at radius 3 is 2.46 bits per heavy atom. The lowest BCUT2D eigenvalue weighted by Crippen LogP contribution is -2.48. The molecule has 7 heteroatoms. The number of nitrogens with zero attached hydrogens (tertiary/aromatic N) is 5. The van der Waals surface area contributed by atoms with Crippen molar-refractivity contribution in [2.24, 2.45) is 0 Å². The van der Waals surface area contributed by atoms with Crippen molar-refractivity contribution in [1.82, 2.24) is 19.9 Å². The van der Waals surface area contributed by atoms with Crippen LogP contribution in [-0.4, -0.2) is 59.1 Å². The Labute approximate surface area is 164 Å². The SMILES string of the molecule is COc1cccc(N2CCN(C(=O)c3cn(-c4ccc(C)cc4)nn3)CC2)c1. The molecule has 3 aromatic rings. The van der Waals surface area contributed by atoms with Crippen molar-refractivity contribution in [3.63, 3.8) is 0 Å². The van der Waals surface area contributed by atoms with Crippen molar-refractivity contribution in [1.29, 1.82) is 0 Å². The van der Waals surface area contributed by atoms with E-state index in [4.69, 9.17) is 4.74 Å². The summed E-state index contributed by atoms with van der Waals surface area (Å²) in [5.41, 5.74) is 3.54. The second-order valence-electron chi connectivity index (χ2n) is 6.86. The van der Waals surface area contributed by atoms with Crippen LogP contribution < -0.4 is 9.64 Å². The van der Waals surface area contributed by atoms with Crippen LogP contribution in [0.15, 0.2) is 54.7 Å². The fourth-order valence-electron chi connectivity index (χ4n) is 3.32. The molecule has 28 heavy (non-hydrogen) atoms. The van der Waals surface area contributed by atoms with E-state index < -0.39 is 0 Å². The van der Waals surface area contributed by atoms with E-state index >= 15 is 0 Å². The molecule has 4 rings (SSSR count). The molecule has 2 aromatic carbocycles. The molecule has 0 spiro atoms. The molecule has 1 aliphatic heterocycles. The Balaban J connectivity index is 1.41. The Kier molecular flexibility index (Phi) is 4.97. The molecule has 1 aromatic heterocycles. The average Bonchev–Trinajstić information content (AvgIpc) is 3.24. The molecule has 0 aliphatic carbocycles. The Morgan fingerprint density at radius 2 is 1.75 bits per heavy atom. The van der Waals surface area contributed by atoms with Gasteiger partial charge in [-0.15, -0.1) is 5.10 Å². The topological polar surface area (TPSA) is 63.5 Å². The number of amides is 1. The van der Waals surface area contributed by atoms with Gasteiger partial charge in [0.25, 0.3) is 5.91 Å².